The smallest absolute Gasteiger partial charge is 0.108 e. The van der Waals surface area contributed by atoms with Crippen LogP contribution in [0.1, 0.15) is 29.7 Å². The Balaban J connectivity index is 1.88. The molecule has 3 N–H and O–H groups in total. The van der Waals surface area contributed by atoms with E-state index in [1.54, 1.807) is 0 Å². The standard InChI is InChI=1S/C19H18N2O/c1-2-12-6-5-8-14-16(11-21-18(12)14)19(22)15-10-20-17-9-4-3-7-13(15)17/h3-11,19-22H,2H2,1H3/t19-/m0/s1. The number of aromatic amines is 2. The molecule has 110 valence electrons. The summed E-state index contributed by atoms with van der Waals surface area (Å²) < 4.78 is 0. The van der Waals surface area contributed by atoms with E-state index >= 15 is 0 Å². The predicted octanol–water partition coefficient (Wildman–Crippen LogP) is 4.29. The molecule has 1 atom stereocenters. The number of para-hydroxylation sites is 2. The topological polar surface area (TPSA) is 51.8 Å². The zero-order valence-corrected chi connectivity index (χ0v) is 12.4. The van der Waals surface area contributed by atoms with Crippen LogP contribution in [0.25, 0.3) is 21.8 Å². The Labute approximate surface area is 128 Å². The molecule has 0 fully saturated rings. The van der Waals surface area contributed by atoms with Gasteiger partial charge in [-0.15, -0.1) is 0 Å². The SMILES string of the molecule is CCc1cccc2c([C@@H](O)c3c[nH]c4ccccc34)c[nH]c12. The fraction of sp³-hybridized carbons (Fsp3) is 0.158. The van der Waals surface area contributed by atoms with E-state index < -0.39 is 6.10 Å². The molecule has 0 unspecified atom stereocenters. The van der Waals surface area contributed by atoms with E-state index in [9.17, 15) is 5.11 Å². The molecule has 0 saturated carbocycles. The Morgan fingerprint density at radius 2 is 1.64 bits per heavy atom. The van der Waals surface area contributed by atoms with Gasteiger partial charge in [0.1, 0.15) is 6.10 Å². The second-order valence-corrected chi connectivity index (χ2v) is 5.63. The Morgan fingerprint density at radius 3 is 2.50 bits per heavy atom. The fourth-order valence-corrected chi connectivity index (χ4v) is 3.25. The molecule has 2 aromatic carbocycles. The number of aryl methyl sites for hydroxylation is 1. The summed E-state index contributed by atoms with van der Waals surface area (Å²) in [6, 6.07) is 14.3. The highest BCUT2D eigenvalue weighted by Crippen LogP contribution is 2.33. The van der Waals surface area contributed by atoms with Gasteiger partial charge in [-0.2, -0.15) is 0 Å². The fourth-order valence-electron chi connectivity index (χ4n) is 3.25. The molecule has 3 nitrogen and oxygen atoms in total. The molecule has 0 aliphatic carbocycles. The van der Waals surface area contributed by atoms with Crippen LogP contribution in [0.3, 0.4) is 0 Å². The number of aliphatic hydroxyl groups is 1. The number of rotatable bonds is 3. The molecule has 2 heterocycles. The van der Waals surface area contributed by atoms with E-state index in [2.05, 4.69) is 35.1 Å². The highest BCUT2D eigenvalue weighted by atomic mass is 16.3. The number of hydrogen-bond acceptors (Lipinski definition) is 1. The first-order valence-corrected chi connectivity index (χ1v) is 7.62. The number of aromatic nitrogens is 2. The molecule has 22 heavy (non-hydrogen) atoms. The lowest BCUT2D eigenvalue weighted by Crippen LogP contribution is -1.97. The predicted molar refractivity (Wildman–Crippen MR) is 90.0 cm³/mol. The first-order valence-electron chi connectivity index (χ1n) is 7.62. The van der Waals surface area contributed by atoms with Crippen molar-refractivity contribution in [1.29, 1.82) is 0 Å². The van der Waals surface area contributed by atoms with Gasteiger partial charge in [0.2, 0.25) is 0 Å². The van der Waals surface area contributed by atoms with Crippen molar-refractivity contribution in [2.24, 2.45) is 0 Å². The lowest BCUT2D eigenvalue weighted by Gasteiger charge is -2.09. The average Bonchev–Trinajstić information content (AvgIpc) is 3.18. The van der Waals surface area contributed by atoms with Crippen molar-refractivity contribution >= 4 is 21.8 Å². The second-order valence-electron chi connectivity index (χ2n) is 5.63. The number of aliphatic hydroxyl groups excluding tert-OH is 1. The van der Waals surface area contributed by atoms with Crippen LogP contribution in [0.15, 0.2) is 54.9 Å². The summed E-state index contributed by atoms with van der Waals surface area (Å²) in [6.07, 6.45) is 4.16. The van der Waals surface area contributed by atoms with Crippen molar-refractivity contribution in [3.05, 3.63) is 71.5 Å². The van der Waals surface area contributed by atoms with Crippen molar-refractivity contribution in [2.75, 3.05) is 0 Å². The van der Waals surface area contributed by atoms with Crippen molar-refractivity contribution < 1.29 is 5.11 Å². The Hall–Kier alpha value is -2.52. The summed E-state index contributed by atoms with van der Waals surface area (Å²) in [5.74, 6) is 0. The number of H-pyrrole nitrogens is 2. The number of hydrogen-bond donors (Lipinski definition) is 3. The molecule has 0 saturated heterocycles. The van der Waals surface area contributed by atoms with Crippen molar-refractivity contribution in [3.8, 4) is 0 Å². The van der Waals surface area contributed by atoms with Crippen molar-refractivity contribution in [2.45, 2.75) is 19.4 Å². The van der Waals surface area contributed by atoms with Gasteiger partial charge in [0, 0.05) is 45.3 Å². The second kappa shape index (κ2) is 5.04. The highest BCUT2D eigenvalue weighted by molar-refractivity contribution is 5.89. The molecule has 3 heteroatoms. The first kappa shape index (κ1) is 13.2. The van der Waals surface area contributed by atoms with Gasteiger partial charge in [0.15, 0.2) is 0 Å². The van der Waals surface area contributed by atoms with Gasteiger partial charge in [-0.1, -0.05) is 43.3 Å². The van der Waals surface area contributed by atoms with Gasteiger partial charge in [-0.3, -0.25) is 0 Å². The van der Waals surface area contributed by atoms with Crippen LogP contribution in [0.4, 0.5) is 0 Å². The third kappa shape index (κ3) is 1.86. The van der Waals surface area contributed by atoms with E-state index in [0.717, 1.165) is 39.4 Å². The van der Waals surface area contributed by atoms with Crippen LogP contribution < -0.4 is 0 Å². The lowest BCUT2D eigenvalue weighted by molar-refractivity contribution is 0.223. The van der Waals surface area contributed by atoms with Crippen molar-refractivity contribution in [3.63, 3.8) is 0 Å². The largest absolute Gasteiger partial charge is 0.383 e. The molecule has 0 bridgehead atoms. The summed E-state index contributed by atoms with van der Waals surface area (Å²) in [5.41, 5.74) is 5.29. The normalized spacial score (nSPS) is 13.0. The van der Waals surface area contributed by atoms with E-state index in [1.807, 2.05) is 36.7 Å². The summed E-state index contributed by atoms with van der Waals surface area (Å²) >= 11 is 0. The Kier molecular flexibility index (Phi) is 3.01. The zero-order chi connectivity index (χ0) is 15.1. The molecule has 4 rings (SSSR count). The molecule has 4 aromatic rings. The molecule has 0 spiro atoms. The van der Waals surface area contributed by atoms with Crippen LogP contribution in [0.2, 0.25) is 0 Å². The van der Waals surface area contributed by atoms with Gasteiger partial charge < -0.3 is 15.1 Å². The van der Waals surface area contributed by atoms with Crippen LogP contribution in [0.5, 0.6) is 0 Å². The average molecular weight is 290 g/mol. The van der Waals surface area contributed by atoms with Gasteiger partial charge in [-0.05, 0) is 18.1 Å². The number of fused-ring (bicyclic) bond motifs is 2. The summed E-state index contributed by atoms with van der Waals surface area (Å²) in [4.78, 5) is 6.56. The molecular formula is C19H18N2O. The molecular weight excluding hydrogens is 272 g/mol. The molecule has 2 aromatic heterocycles. The minimum atomic E-state index is -0.642. The van der Waals surface area contributed by atoms with Crippen LogP contribution >= 0.6 is 0 Å². The summed E-state index contributed by atoms with van der Waals surface area (Å²) in [7, 11) is 0. The van der Waals surface area contributed by atoms with Crippen molar-refractivity contribution in [1.82, 2.24) is 9.97 Å². The van der Waals surface area contributed by atoms with E-state index in [-0.39, 0.29) is 0 Å². The highest BCUT2D eigenvalue weighted by Gasteiger charge is 2.19. The maximum Gasteiger partial charge on any atom is 0.108 e. The van der Waals surface area contributed by atoms with E-state index in [0.29, 0.717) is 0 Å². The quantitative estimate of drug-likeness (QED) is 0.518. The van der Waals surface area contributed by atoms with Crippen LogP contribution in [-0.2, 0) is 6.42 Å². The monoisotopic (exact) mass is 290 g/mol. The maximum absolute atomic E-state index is 10.9. The molecule has 0 amide bonds. The molecule has 0 aliphatic rings. The number of benzene rings is 2. The third-order valence-corrected chi connectivity index (χ3v) is 4.43. The van der Waals surface area contributed by atoms with E-state index in [1.165, 1.54) is 5.56 Å². The van der Waals surface area contributed by atoms with Gasteiger partial charge >= 0.3 is 0 Å². The van der Waals surface area contributed by atoms with Gasteiger partial charge in [0.25, 0.3) is 0 Å². The van der Waals surface area contributed by atoms with Crippen LogP contribution in [0, 0.1) is 0 Å². The molecule has 0 radical (unpaired) electrons. The Morgan fingerprint density at radius 1 is 0.909 bits per heavy atom. The van der Waals surface area contributed by atoms with Crippen LogP contribution in [-0.4, -0.2) is 15.1 Å². The lowest BCUT2D eigenvalue weighted by atomic mass is 9.99. The summed E-state index contributed by atoms with van der Waals surface area (Å²) in [6.45, 7) is 2.14. The minimum absolute atomic E-state index is 0.642. The Bertz CT molecular complexity index is 948. The molecule has 0 aliphatic heterocycles. The number of nitrogens with one attached hydrogen (secondary N) is 2. The van der Waals surface area contributed by atoms with Gasteiger partial charge in [-0.25, -0.2) is 0 Å². The van der Waals surface area contributed by atoms with Gasteiger partial charge in [0.05, 0.1) is 0 Å². The zero-order valence-electron chi connectivity index (χ0n) is 12.4. The summed E-state index contributed by atoms with van der Waals surface area (Å²) in [5, 5.41) is 13.0. The van der Waals surface area contributed by atoms with E-state index in [4.69, 9.17) is 0 Å². The maximum atomic E-state index is 10.9. The minimum Gasteiger partial charge on any atom is -0.383 e. The third-order valence-electron chi connectivity index (χ3n) is 4.43. The first-order chi connectivity index (χ1) is 10.8.